The largest absolute Gasteiger partial charge is 0.368 e. The predicted molar refractivity (Wildman–Crippen MR) is 134 cm³/mol. The molecule has 0 bridgehead atoms. The number of hydrogen-bond donors (Lipinski definition) is 2. The van der Waals surface area contributed by atoms with E-state index in [2.05, 4.69) is 60.2 Å². The molecule has 0 unspecified atom stereocenters. The Kier molecular flexibility index (Phi) is 6.02. The van der Waals surface area contributed by atoms with Crippen molar-refractivity contribution in [2.24, 2.45) is 0 Å². The molecule has 34 heavy (non-hydrogen) atoms. The Bertz CT molecular complexity index is 1190. The maximum Gasteiger partial charge on any atom is 0.269 e. The van der Waals surface area contributed by atoms with Crippen molar-refractivity contribution in [1.29, 1.82) is 0 Å². The molecule has 1 fully saturated rings. The number of piperazine rings is 1. The highest BCUT2D eigenvalue weighted by atomic mass is 16.1. The standard InChI is InChI=1S/C25H30N8O/c1-27-24(34)21-6-5-20(15-28-21)33-8-7-17-3-4-18(13-19(17)16-33)22-14-23(30-25(26)29-22)32-11-9-31(2)10-12-32/h3-6,13-15H,7-12,16H2,1-2H3,(H,27,34)(H2,26,29,30). The summed E-state index contributed by atoms with van der Waals surface area (Å²) in [7, 11) is 3.75. The summed E-state index contributed by atoms with van der Waals surface area (Å²) in [6.45, 7) is 5.55. The van der Waals surface area contributed by atoms with Gasteiger partial charge in [-0.2, -0.15) is 4.98 Å². The number of anilines is 3. The van der Waals surface area contributed by atoms with Crippen molar-refractivity contribution < 1.29 is 4.79 Å². The fraction of sp³-hybridized carbons (Fsp3) is 0.360. The first-order valence-corrected chi connectivity index (χ1v) is 11.6. The van der Waals surface area contributed by atoms with Gasteiger partial charge in [-0.05, 0) is 42.8 Å². The summed E-state index contributed by atoms with van der Waals surface area (Å²) in [5.41, 5.74) is 12.0. The third-order valence-electron chi connectivity index (χ3n) is 6.64. The molecule has 0 spiro atoms. The van der Waals surface area contributed by atoms with E-state index in [9.17, 15) is 4.79 Å². The highest BCUT2D eigenvalue weighted by Crippen LogP contribution is 2.29. The second kappa shape index (κ2) is 9.26. The van der Waals surface area contributed by atoms with E-state index in [4.69, 9.17) is 5.73 Å². The Labute approximate surface area is 199 Å². The quantitative estimate of drug-likeness (QED) is 0.610. The number of carbonyl (C=O) groups is 1. The molecular formula is C25H30N8O. The number of rotatable bonds is 4. The minimum atomic E-state index is -0.180. The minimum absolute atomic E-state index is 0.180. The second-order valence-electron chi connectivity index (χ2n) is 8.90. The SMILES string of the molecule is CNC(=O)c1ccc(N2CCc3ccc(-c4cc(N5CCN(C)CC5)nc(N)n4)cc3C2)cn1. The van der Waals surface area contributed by atoms with Crippen molar-refractivity contribution in [3.8, 4) is 11.3 Å². The minimum Gasteiger partial charge on any atom is -0.368 e. The van der Waals surface area contributed by atoms with Gasteiger partial charge in [-0.1, -0.05) is 12.1 Å². The molecule has 2 aliphatic rings. The van der Waals surface area contributed by atoms with Gasteiger partial charge in [0.2, 0.25) is 5.95 Å². The average Bonchev–Trinajstić information content (AvgIpc) is 2.87. The van der Waals surface area contributed by atoms with E-state index < -0.39 is 0 Å². The van der Waals surface area contributed by atoms with Gasteiger partial charge in [0.05, 0.1) is 17.6 Å². The van der Waals surface area contributed by atoms with Crippen LogP contribution in [0.5, 0.6) is 0 Å². The number of hydrogen-bond acceptors (Lipinski definition) is 8. The Morgan fingerprint density at radius 2 is 1.79 bits per heavy atom. The van der Waals surface area contributed by atoms with Crippen LogP contribution in [0.15, 0.2) is 42.6 Å². The molecule has 3 N–H and O–H groups in total. The highest BCUT2D eigenvalue weighted by Gasteiger charge is 2.20. The zero-order valence-corrected chi connectivity index (χ0v) is 19.7. The van der Waals surface area contributed by atoms with Crippen LogP contribution in [0.2, 0.25) is 0 Å². The summed E-state index contributed by atoms with van der Waals surface area (Å²) in [4.78, 5) is 32.0. The molecule has 2 aromatic heterocycles. The van der Waals surface area contributed by atoms with Crippen LogP contribution in [0, 0.1) is 0 Å². The van der Waals surface area contributed by atoms with Crippen LogP contribution in [-0.2, 0) is 13.0 Å². The fourth-order valence-electron chi connectivity index (χ4n) is 4.57. The lowest BCUT2D eigenvalue weighted by Gasteiger charge is -2.33. The summed E-state index contributed by atoms with van der Waals surface area (Å²) in [5.74, 6) is 1.01. The molecule has 9 heteroatoms. The van der Waals surface area contributed by atoms with Gasteiger partial charge in [0.1, 0.15) is 11.5 Å². The molecule has 0 atom stereocenters. The van der Waals surface area contributed by atoms with Gasteiger partial charge in [0.25, 0.3) is 5.91 Å². The van der Waals surface area contributed by atoms with E-state index in [0.717, 1.165) is 68.5 Å². The molecule has 1 saturated heterocycles. The van der Waals surface area contributed by atoms with Crippen LogP contribution in [0.25, 0.3) is 11.3 Å². The van der Waals surface area contributed by atoms with Gasteiger partial charge >= 0.3 is 0 Å². The van der Waals surface area contributed by atoms with Crippen molar-refractivity contribution in [1.82, 2.24) is 25.2 Å². The number of nitrogens with zero attached hydrogens (tertiary/aromatic N) is 6. The summed E-state index contributed by atoms with van der Waals surface area (Å²) in [5, 5.41) is 2.61. The molecule has 176 valence electrons. The smallest absolute Gasteiger partial charge is 0.269 e. The number of nitrogens with one attached hydrogen (secondary N) is 1. The van der Waals surface area contributed by atoms with Crippen LogP contribution in [0.1, 0.15) is 21.6 Å². The number of likely N-dealkylation sites (N-methyl/N-ethyl adjacent to an activating group) is 1. The van der Waals surface area contributed by atoms with Crippen molar-refractivity contribution >= 4 is 23.4 Å². The molecule has 5 rings (SSSR count). The van der Waals surface area contributed by atoms with Gasteiger partial charge in [-0.25, -0.2) is 9.97 Å². The highest BCUT2D eigenvalue weighted by molar-refractivity contribution is 5.92. The maximum atomic E-state index is 11.8. The molecule has 3 aromatic rings. The van der Waals surface area contributed by atoms with E-state index in [1.54, 1.807) is 19.3 Å². The zero-order chi connectivity index (χ0) is 23.7. The maximum absolute atomic E-state index is 11.8. The lowest BCUT2D eigenvalue weighted by atomic mass is 9.96. The molecule has 0 aliphatic carbocycles. The third-order valence-corrected chi connectivity index (χ3v) is 6.64. The lowest BCUT2D eigenvalue weighted by molar-refractivity contribution is 0.0958. The number of aromatic nitrogens is 3. The van der Waals surface area contributed by atoms with Gasteiger partial charge in [0, 0.05) is 57.9 Å². The number of benzene rings is 1. The molecule has 4 heterocycles. The lowest BCUT2D eigenvalue weighted by Crippen LogP contribution is -2.44. The number of carbonyl (C=O) groups excluding carboxylic acids is 1. The molecule has 0 radical (unpaired) electrons. The number of nitrogens with two attached hydrogens (primary N) is 1. The second-order valence-corrected chi connectivity index (χ2v) is 8.90. The number of fused-ring (bicyclic) bond motifs is 1. The van der Waals surface area contributed by atoms with Crippen molar-refractivity contribution in [2.45, 2.75) is 13.0 Å². The molecule has 1 aromatic carbocycles. The van der Waals surface area contributed by atoms with Crippen molar-refractivity contribution in [3.63, 3.8) is 0 Å². The van der Waals surface area contributed by atoms with Gasteiger partial charge in [-0.3, -0.25) is 4.79 Å². The number of nitrogen functional groups attached to an aromatic ring is 1. The van der Waals surface area contributed by atoms with Crippen LogP contribution < -0.4 is 20.9 Å². The molecule has 0 saturated carbocycles. The number of pyridine rings is 1. The Morgan fingerprint density at radius 3 is 2.53 bits per heavy atom. The van der Waals surface area contributed by atoms with Crippen LogP contribution in [-0.4, -0.2) is 72.6 Å². The molecular weight excluding hydrogens is 428 g/mol. The topological polar surface area (TPSA) is 104 Å². The van der Waals surface area contributed by atoms with E-state index in [-0.39, 0.29) is 5.91 Å². The van der Waals surface area contributed by atoms with E-state index in [1.165, 1.54) is 11.1 Å². The van der Waals surface area contributed by atoms with Crippen LogP contribution in [0.3, 0.4) is 0 Å². The third kappa shape index (κ3) is 4.51. The molecule has 9 nitrogen and oxygen atoms in total. The van der Waals surface area contributed by atoms with E-state index >= 15 is 0 Å². The average molecular weight is 459 g/mol. The summed E-state index contributed by atoms with van der Waals surface area (Å²) >= 11 is 0. The van der Waals surface area contributed by atoms with Gasteiger partial charge in [-0.15, -0.1) is 0 Å². The zero-order valence-electron chi connectivity index (χ0n) is 19.7. The summed E-state index contributed by atoms with van der Waals surface area (Å²) in [6.07, 6.45) is 2.72. The predicted octanol–water partition coefficient (Wildman–Crippen LogP) is 1.79. The van der Waals surface area contributed by atoms with Crippen LogP contribution in [0.4, 0.5) is 17.5 Å². The number of amides is 1. The van der Waals surface area contributed by atoms with E-state index in [0.29, 0.717) is 11.6 Å². The summed E-state index contributed by atoms with van der Waals surface area (Å²) < 4.78 is 0. The van der Waals surface area contributed by atoms with Gasteiger partial charge in [0.15, 0.2) is 0 Å². The van der Waals surface area contributed by atoms with Crippen LogP contribution >= 0.6 is 0 Å². The monoisotopic (exact) mass is 458 g/mol. The Balaban J connectivity index is 1.38. The van der Waals surface area contributed by atoms with E-state index in [1.807, 2.05) is 12.1 Å². The normalized spacial score (nSPS) is 16.3. The Morgan fingerprint density at radius 1 is 0.971 bits per heavy atom. The first-order valence-electron chi connectivity index (χ1n) is 11.6. The first-order chi connectivity index (χ1) is 16.5. The Hall–Kier alpha value is -3.72. The van der Waals surface area contributed by atoms with Crippen molar-refractivity contribution in [3.05, 3.63) is 59.4 Å². The van der Waals surface area contributed by atoms with Crippen molar-refractivity contribution in [2.75, 3.05) is 62.4 Å². The summed E-state index contributed by atoms with van der Waals surface area (Å²) in [6, 6.07) is 12.3. The van der Waals surface area contributed by atoms with Gasteiger partial charge < -0.3 is 25.8 Å². The fourth-order valence-corrected chi connectivity index (χ4v) is 4.57. The first kappa shape index (κ1) is 22.1. The molecule has 2 aliphatic heterocycles. The molecule has 1 amide bonds.